The van der Waals surface area contributed by atoms with E-state index in [1.54, 1.807) is 40.9 Å². The number of rotatable bonds is 5. The molecule has 3 rings (SSSR count). The zero-order valence-electron chi connectivity index (χ0n) is 12.8. The fourth-order valence-electron chi connectivity index (χ4n) is 2.29. The molecule has 0 spiro atoms. The molecule has 2 aromatic heterocycles. The molecule has 3 nitrogen and oxygen atoms in total. The van der Waals surface area contributed by atoms with Crippen LogP contribution in [0.1, 0.15) is 16.3 Å². The van der Waals surface area contributed by atoms with Crippen LogP contribution in [0.15, 0.2) is 35.7 Å². The molecule has 0 aliphatic rings. The second-order valence-electron chi connectivity index (χ2n) is 5.13. The Bertz CT molecular complexity index is 839. The molecule has 24 heavy (non-hydrogen) atoms. The van der Waals surface area contributed by atoms with Crippen LogP contribution in [0.5, 0.6) is 0 Å². The Morgan fingerprint density at radius 3 is 2.62 bits per heavy atom. The standard InChI is InChI=1S/C17H14Cl2N2OS2/c1-10-20-17(13-6-3-9-23-13)14(24-10)7-8-15(22)21-16-11(18)4-2-5-12(16)19/h2-6,9H,7-8H2,1H3,(H,21,22). The van der Waals surface area contributed by atoms with Crippen LogP contribution >= 0.6 is 45.9 Å². The summed E-state index contributed by atoms with van der Waals surface area (Å²) in [6, 6.07) is 9.19. The zero-order valence-corrected chi connectivity index (χ0v) is 16.0. The van der Waals surface area contributed by atoms with Crippen molar-refractivity contribution in [1.82, 2.24) is 4.98 Å². The molecule has 0 bridgehead atoms. The van der Waals surface area contributed by atoms with E-state index in [2.05, 4.69) is 10.3 Å². The first-order valence-corrected chi connectivity index (χ1v) is 9.74. The van der Waals surface area contributed by atoms with Gasteiger partial charge in [0.1, 0.15) is 0 Å². The van der Waals surface area contributed by atoms with E-state index >= 15 is 0 Å². The van der Waals surface area contributed by atoms with Gasteiger partial charge in [-0.3, -0.25) is 4.79 Å². The van der Waals surface area contributed by atoms with Crippen molar-refractivity contribution < 1.29 is 4.79 Å². The molecule has 0 aliphatic heterocycles. The summed E-state index contributed by atoms with van der Waals surface area (Å²) in [7, 11) is 0. The quantitative estimate of drug-likeness (QED) is 0.569. The average molecular weight is 397 g/mol. The lowest BCUT2D eigenvalue weighted by Crippen LogP contribution is -2.13. The van der Waals surface area contributed by atoms with Crippen molar-refractivity contribution in [1.29, 1.82) is 0 Å². The number of hydrogen-bond acceptors (Lipinski definition) is 4. The largest absolute Gasteiger partial charge is 0.324 e. The van der Waals surface area contributed by atoms with E-state index in [4.69, 9.17) is 23.2 Å². The molecule has 0 unspecified atom stereocenters. The van der Waals surface area contributed by atoms with Gasteiger partial charge in [0.15, 0.2) is 0 Å². The van der Waals surface area contributed by atoms with Crippen molar-refractivity contribution in [2.24, 2.45) is 0 Å². The molecule has 124 valence electrons. The second-order valence-corrected chi connectivity index (χ2v) is 8.18. The molecule has 2 heterocycles. The Morgan fingerprint density at radius 1 is 1.21 bits per heavy atom. The number of carbonyl (C=O) groups excluding carboxylic acids is 1. The molecule has 1 amide bonds. The van der Waals surface area contributed by atoms with Gasteiger partial charge in [-0.25, -0.2) is 4.98 Å². The number of amides is 1. The van der Waals surface area contributed by atoms with Crippen molar-refractivity contribution in [3.05, 3.63) is 55.6 Å². The van der Waals surface area contributed by atoms with Crippen LogP contribution in [-0.2, 0) is 11.2 Å². The summed E-state index contributed by atoms with van der Waals surface area (Å²) in [6.45, 7) is 1.98. The monoisotopic (exact) mass is 396 g/mol. The number of halogens is 2. The number of anilines is 1. The van der Waals surface area contributed by atoms with Crippen molar-refractivity contribution in [2.75, 3.05) is 5.32 Å². The lowest BCUT2D eigenvalue weighted by Gasteiger charge is -2.09. The number of carbonyl (C=O) groups is 1. The van der Waals surface area contributed by atoms with Gasteiger partial charge >= 0.3 is 0 Å². The van der Waals surface area contributed by atoms with E-state index in [1.165, 1.54) is 0 Å². The van der Waals surface area contributed by atoms with Gasteiger partial charge < -0.3 is 5.32 Å². The fourth-order valence-corrected chi connectivity index (χ4v) is 4.54. The highest BCUT2D eigenvalue weighted by atomic mass is 35.5. The molecule has 0 saturated carbocycles. The van der Waals surface area contributed by atoms with Crippen LogP contribution in [0.4, 0.5) is 5.69 Å². The van der Waals surface area contributed by atoms with Gasteiger partial charge in [0.25, 0.3) is 0 Å². The van der Waals surface area contributed by atoms with Crippen molar-refractivity contribution >= 4 is 57.5 Å². The number of thiophene rings is 1. The SMILES string of the molecule is Cc1nc(-c2cccs2)c(CCC(=O)Nc2c(Cl)cccc2Cl)s1. The number of para-hydroxylation sites is 1. The molecule has 3 aromatic rings. The summed E-state index contributed by atoms with van der Waals surface area (Å²) in [5.41, 5.74) is 1.45. The zero-order chi connectivity index (χ0) is 17.1. The minimum atomic E-state index is -0.117. The van der Waals surface area contributed by atoms with E-state index in [1.807, 2.05) is 24.4 Å². The maximum atomic E-state index is 12.3. The summed E-state index contributed by atoms with van der Waals surface area (Å²) >= 11 is 15.4. The minimum Gasteiger partial charge on any atom is -0.324 e. The maximum Gasteiger partial charge on any atom is 0.224 e. The summed E-state index contributed by atoms with van der Waals surface area (Å²) < 4.78 is 0. The van der Waals surface area contributed by atoms with Crippen LogP contribution in [-0.4, -0.2) is 10.9 Å². The normalized spacial score (nSPS) is 10.8. The van der Waals surface area contributed by atoms with E-state index in [0.717, 1.165) is 20.5 Å². The molecule has 0 radical (unpaired) electrons. The predicted molar refractivity (Wildman–Crippen MR) is 104 cm³/mol. The molecule has 1 aromatic carbocycles. The Labute approximate surface area is 158 Å². The molecule has 0 aliphatic carbocycles. The number of thiazole rings is 1. The van der Waals surface area contributed by atoms with Crippen LogP contribution in [0.3, 0.4) is 0 Å². The first-order chi connectivity index (χ1) is 11.5. The summed E-state index contributed by atoms with van der Waals surface area (Å²) in [5, 5.41) is 6.69. The lowest BCUT2D eigenvalue weighted by atomic mass is 10.2. The average Bonchev–Trinajstić information content (AvgIpc) is 3.18. The topological polar surface area (TPSA) is 42.0 Å². The number of aryl methyl sites for hydroxylation is 2. The van der Waals surface area contributed by atoms with Crippen molar-refractivity contribution in [3.8, 4) is 10.6 Å². The number of nitrogens with zero attached hydrogens (tertiary/aromatic N) is 1. The number of nitrogens with one attached hydrogen (secondary N) is 1. The van der Waals surface area contributed by atoms with Gasteiger partial charge in [0.05, 0.1) is 31.3 Å². The predicted octanol–water partition coefficient (Wildman–Crippen LogP) is 6.06. The van der Waals surface area contributed by atoms with E-state index in [-0.39, 0.29) is 5.91 Å². The number of aromatic nitrogens is 1. The third kappa shape index (κ3) is 3.98. The Kier molecular flexibility index (Phi) is 5.56. The third-order valence-electron chi connectivity index (χ3n) is 3.37. The van der Waals surface area contributed by atoms with Gasteiger partial charge in [-0.2, -0.15) is 0 Å². The Morgan fingerprint density at radius 2 is 1.96 bits per heavy atom. The van der Waals surface area contributed by atoms with Crippen molar-refractivity contribution in [2.45, 2.75) is 19.8 Å². The Hall–Kier alpha value is -1.40. The first kappa shape index (κ1) is 17.4. The fraction of sp³-hybridized carbons (Fsp3) is 0.176. The molecule has 0 atom stereocenters. The number of hydrogen-bond donors (Lipinski definition) is 1. The van der Waals surface area contributed by atoms with E-state index < -0.39 is 0 Å². The van der Waals surface area contributed by atoms with E-state index in [9.17, 15) is 4.79 Å². The first-order valence-electron chi connectivity index (χ1n) is 7.28. The third-order valence-corrected chi connectivity index (χ3v) is 5.90. The lowest BCUT2D eigenvalue weighted by molar-refractivity contribution is -0.116. The van der Waals surface area contributed by atoms with Crippen LogP contribution in [0.2, 0.25) is 10.0 Å². The smallest absolute Gasteiger partial charge is 0.224 e. The van der Waals surface area contributed by atoms with Crippen LogP contribution in [0, 0.1) is 6.92 Å². The molecular formula is C17H14Cl2N2OS2. The molecule has 7 heteroatoms. The molecule has 1 N–H and O–H groups in total. The molecule has 0 saturated heterocycles. The Balaban J connectivity index is 1.69. The summed E-state index contributed by atoms with van der Waals surface area (Å²) in [6.07, 6.45) is 0.980. The van der Waals surface area contributed by atoms with E-state index in [0.29, 0.717) is 28.6 Å². The summed E-state index contributed by atoms with van der Waals surface area (Å²) in [4.78, 5) is 19.1. The maximum absolute atomic E-state index is 12.3. The summed E-state index contributed by atoms with van der Waals surface area (Å²) in [5.74, 6) is -0.117. The van der Waals surface area contributed by atoms with Crippen molar-refractivity contribution in [3.63, 3.8) is 0 Å². The van der Waals surface area contributed by atoms with Gasteiger partial charge in [-0.1, -0.05) is 35.3 Å². The highest BCUT2D eigenvalue weighted by Gasteiger charge is 2.15. The van der Waals surface area contributed by atoms with Crippen LogP contribution < -0.4 is 5.32 Å². The van der Waals surface area contributed by atoms with Gasteiger partial charge in [-0.05, 0) is 36.9 Å². The second kappa shape index (κ2) is 7.66. The highest BCUT2D eigenvalue weighted by Crippen LogP contribution is 2.33. The number of benzene rings is 1. The highest BCUT2D eigenvalue weighted by molar-refractivity contribution is 7.15. The van der Waals surface area contributed by atoms with Gasteiger partial charge in [-0.15, -0.1) is 22.7 Å². The van der Waals surface area contributed by atoms with Gasteiger partial charge in [0.2, 0.25) is 5.91 Å². The molecular weight excluding hydrogens is 383 g/mol. The van der Waals surface area contributed by atoms with Crippen LogP contribution in [0.25, 0.3) is 10.6 Å². The minimum absolute atomic E-state index is 0.117. The van der Waals surface area contributed by atoms with Gasteiger partial charge in [0, 0.05) is 11.3 Å². The molecule has 0 fully saturated rings.